The van der Waals surface area contributed by atoms with E-state index < -0.39 is 23.1 Å². The third-order valence-corrected chi connectivity index (χ3v) is 5.00. The summed E-state index contributed by atoms with van der Waals surface area (Å²) >= 11 is 0. The lowest BCUT2D eigenvalue weighted by molar-refractivity contribution is -0.137. The first-order valence-corrected chi connectivity index (χ1v) is 9.83. The lowest BCUT2D eigenvalue weighted by atomic mass is 10.0. The standard InChI is InChI=1S/C21H26F3N3O3/c1-20(2,3)30-19(29)26-10-7-16(8-11-26)27-17(6-9-25-27)12-14-4-5-15(13-18(14)28)21(22,23)24/h4-6,9,13,16,28H,7-8,10-12H2,1-3H3. The first-order chi connectivity index (χ1) is 13.9. The molecule has 0 aliphatic carbocycles. The van der Waals surface area contributed by atoms with Gasteiger partial charge < -0.3 is 14.7 Å². The Kier molecular flexibility index (Phi) is 6.01. The topological polar surface area (TPSA) is 67.6 Å². The average molecular weight is 425 g/mol. The van der Waals surface area contributed by atoms with Crippen molar-refractivity contribution in [3.8, 4) is 5.75 Å². The van der Waals surface area contributed by atoms with E-state index in [0.717, 1.165) is 17.8 Å². The van der Waals surface area contributed by atoms with E-state index in [1.807, 2.05) is 25.5 Å². The van der Waals surface area contributed by atoms with Crippen molar-refractivity contribution in [2.45, 2.75) is 57.9 Å². The van der Waals surface area contributed by atoms with Gasteiger partial charge in [-0.15, -0.1) is 0 Å². The Labute approximate surface area is 173 Å². The Bertz CT molecular complexity index is 895. The molecule has 0 atom stereocenters. The summed E-state index contributed by atoms with van der Waals surface area (Å²) < 4.78 is 45.6. The number of amides is 1. The zero-order chi connectivity index (χ0) is 22.1. The molecule has 1 amide bonds. The van der Waals surface area contributed by atoms with Gasteiger partial charge in [0.05, 0.1) is 11.6 Å². The third kappa shape index (κ3) is 5.25. The number of aromatic nitrogens is 2. The maximum atomic E-state index is 12.8. The number of alkyl halides is 3. The fourth-order valence-electron chi connectivity index (χ4n) is 3.51. The first-order valence-electron chi connectivity index (χ1n) is 9.83. The van der Waals surface area contributed by atoms with E-state index >= 15 is 0 Å². The number of aromatic hydroxyl groups is 1. The largest absolute Gasteiger partial charge is 0.508 e. The first kappa shape index (κ1) is 22.0. The lowest BCUT2D eigenvalue weighted by Gasteiger charge is -2.34. The predicted octanol–water partition coefficient (Wildman–Crippen LogP) is 4.77. The van der Waals surface area contributed by atoms with Crippen LogP contribution in [0.25, 0.3) is 0 Å². The second kappa shape index (κ2) is 8.20. The number of benzene rings is 1. The molecule has 1 aromatic carbocycles. The van der Waals surface area contributed by atoms with E-state index in [1.165, 1.54) is 6.07 Å². The summed E-state index contributed by atoms with van der Waals surface area (Å²) in [5.74, 6) is -0.391. The second-order valence-electron chi connectivity index (χ2n) is 8.48. The van der Waals surface area contributed by atoms with Crippen LogP contribution in [-0.4, -0.2) is 44.6 Å². The van der Waals surface area contributed by atoms with Gasteiger partial charge in [-0.05, 0) is 57.4 Å². The van der Waals surface area contributed by atoms with Crippen LogP contribution >= 0.6 is 0 Å². The molecule has 1 aromatic heterocycles. The van der Waals surface area contributed by atoms with Crippen molar-refractivity contribution in [3.05, 3.63) is 47.3 Å². The molecule has 0 unspecified atom stereocenters. The molecule has 3 rings (SSSR count). The van der Waals surface area contributed by atoms with E-state index in [0.29, 0.717) is 31.5 Å². The highest BCUT2D eigenvalue weighted by molar-refractivity contribution is 5.68. The molecule has 0 bridgehead atoms. The Balaban J connectivity index is 1.66. The fraction of sp³-hybridized carbons (Fsp3) is 0.524. The summed E-state index contributed by atoms with van der Waals surface area (Å²) in [6.07, 6.45) is -1.57. The number of phenols is 1. The molecule has 1 aliphatic heterocycles. The van der Waals surface area contributed by atoms with Crippen molar-refractivity contribution < 1.29 is 27.8 Å². The van der Waals surface area contributed by atoms with Crippen LogP contribution in [-0.2, 0) is 17.3 Å². The summed E-state index contributed by atoms with van der Waals surface area (Å²) in [7, 11) is 0. The maximum Gasteiger partial charge on any atom is 0.416 e. The quantitative estimate of drug-likeness (QED) is 0.769. The molecule has 1 aliphatic rings. The van der Waals surface area contributed by atoms with E-state index in [2.05, 4.69) is 5.10 Å². The average Bonchev–Trinajstić information content (AvgIpc) is 3.09. The van der Waals surface area contributed by atoms with Gasteiger partial charge in [0.1, 0.15) is 11.4 Å². The number of halogens is 3. The maximum absolute atomic E-state index is 12.8. The number of carbonyl (C=O) groups excluding carboxylic acids is 1. The van der Waals surface area contributed by atoms with Crippen LogP contribution in [0.4, 0.5) is 18.0 Å². The van der Waals surface area contributed by atoms with Gasteiger partial charge in [-0.3, -0.25) is 4.68 Å². The molecule has 30 heavy (non-hydrogen) atoms. The molecule has 0 spiro atoms. The van der Waals surface area contributed by atoms with Crippen LogP contribution in [0.2, 0.25) is 0 Å². The number of piperidine rings is 1. The predicted molar refractivity (Wildman–Crippen MR) is 104 cm³/mol. The molecule has 6 nitrogen and oxygen atoms in total. The molecule has 2 heterocycles. The molecule has 1 saturated heterocycles. The van der Waals surface area contributed by atoms with E-state index in [4.69, 9.17) is 4.74 Å². The van der Waals surface area contributed by atoms with Crippen molar-refractivity contribution in [2.75, 3.05) is 13.1 Å². The van der Waals surface area contributed by atoms with Gasteiger partial charge in [-0.1, -0.05) is 6.07 Å². The molecule has 1 N–H and O–H groups in total. The summed E-state index contributed by atoms with van der Waals surface area (Å²) in [6.45, 7) is 6.54. The number of ether oxygens (including phenoxy) is 1. The molecule has 1 fully saturated rings. The molecule has 164 valence electrons. The van der Waals surface area contributed by atoms with Gasteiger partial charge in [-0.25, -0.2) is 4.79 Å². The van der Waals surface area contributed by atoms with Crippen LogP contribution in [0.5, 0.6) is 5.75 Å². The van der Waals surface area contributed by atoms with Crippen molar-refractivity contribution >= 4 is 6.09 Å². The highest BCUT2D eigenvalue weighted by Crippen LogP contribution is 2.34. The zero-order valence-electron chi connectivity index (χ0n) is 17.2. The van der Waals surface area contributed by atoms with Crippen LogP contribution in [0.3, 0.4) is 0 Å². The van der Waals surface area contributed by atoms with Gasteiger partial charge in [0, 0.05) is 31.4 Å². The van der Waals surface area contributed by atoms with E-state index in [9.17, 15) is 23.1 Å². The molecule has 0 radical (unpaired) electrons. The lowest BCUT2D eigenvalue weighted by Crippen LogP contribution is -2.42. The zero-order valence-corrected chi connectivity index (χ0v) is 17.2. The summed E-state index contributed by atoms with van der Waals surface area (Å²) in [6, 6.07) is 4.85. The molecule has 0 saturated carbocycles. The molecular formula is C21H26F3N3O3. The number of hydrogen-bond donors (Lipinski definition) is 1. The molecule has 9 heteroatoms. The molecular weight excluding hydrogens is 399 g/mol. The normalized spacial score (nSPS) is 16.0. The van der Waals surface area contributed by atoms with Gasteiger partial charge in [-0.2, -0.15) is 18.3 Å². The van der Waals surface area contributed by atoms with E-state index in [1.54, 1.807) is 17.2 Å². The third-order valence-electron chi connectivity index (χ3n) is 5.00. The van der Waals surface area contributed by atoms with Crippen molar-refractivity contribution in [2.24, 2.45) is 0 Å². The minimum Gasteiger partial charge on any atom is -0.508 e. The number of likely N-dealkylation sites (tertiary alicyclic amines) is 1. The number of nitrogens with zero attached hydrogens (tertiary/aromatic N) is 3. The van der Waals surface area contributed by atoms with Gasteiger partial charge in [0.25, 0.3) is 0 Å². The summed E-state index contributed by atoms with van der Waals surface area (Å²) in [4.78, 5) is 13.9. The van der Waals surface area contributed by atoms with E-state index in [-0.39, 0.29) is 18.6 Å². The van der Waals surface area contributed by atoms with Crippen molar-refractivity contribution in [1.82, 2.24) is 14.7 Å². The number of rotatable bonds is 3. The van der Waals surface area contributed by atoms with Crippen molar-refractivity contribution in [1.29, 1.82) is 0 Å². The Hall–Kier alpha value is -2.71. The number of phenolic OH excluding ortho intramolecular Hbond substituents is 1. The highest BCUT2D eigenvalue weighted by Gasteiger charge is 2.31. The summed E-state index contributed by atoms with van der Waals surface area (Å²) in [5.41, 5.74) is -0.240. The Morgan fingerprint density at radius 3 is 2.43 bits per heavy atom. The molecule has 2 aromatic rings. The minimum atomic E-state index is -4.50. The monoisotopic (exact) mass is 425 g/mol. The Morgan fingerprint density at radius 1 is 1.20 bits per heavy atom. The fourth-order valence-corrected chi connectivity index (χ4v) is 3.51. The number of carbonyl (C=O) groups is 1. The van der Waals surface area contributed by atoms with Crippen molar-refractivity contribution in [3.63, 3.8) is 0 Å². The minimum absolute atomic E-state index is 0.0604. The van der Waals surface area contributed by atoms with Crippen LogP contribution < -0.4 is 0 Å². The Morgan fingerprint density at radius 2 is 1.87 bits per heavy atom. The van der Waals surface area contributed by atoms with Gasteiger partial charge in [0.15, 0.2) is 0 Å². The summed E-state index contributed by atoms with van der Waals surface area (Å²) in [5, 5.41) is 14.4. The second-order valence-corrected chi connectivity index (χ2v) is 8.48. The van der Waals surface area contributed by atoms with Gasteiger partial charge >= 0.3 is 12.3 Å². The van der Waals surface area contributed by atoms with Gasteiger partial charge in [0.2, 0.25) is 0 Å². The van der Waals surface area contributed by atoms with Crippen LogP contribution in [0.15, 0.2) is 30.5 Å². The highest BCUT2D eigenvalue weighted by atomic mass is 19.4. The van der Waals surface area contributed by atoms with Crippen LogP contribution in [0, 0.1) is 0 Å². The smallest absolute Gasteiger partial charge is 0.416 e. The van der Waals surface area contributed by atoms with Crippen LogP contribution in [0.1, 0.15) is 56.5 Å². The SMILES string of the molecule is CC(C)(C)OC(=O)N1CCC(n2nccc2Cc2ccc(C(F)(F)F)cc2O)CC1. The number of hydrogen-bond acceptors (Lipinski definition) is 4.